The lowest BCUT2D eigenvalue weighted by atomic mass is 10.1. The molecule has 0 saturated heterocycles. The first kappa shape index (κ1) is 20.5. The summed E-state index contributed by atoms with van der Waals surface area (Å²) in [5.41, 5.74) is 3.13. The number of nitrogens with one attached hydrogen (secondary N) is 3. The van der Waals surface area contributed by atoms with E-state index < -0.39 is 15.5 Å². The van der Waals surface area contributed by atoms with Gasteiger partial charge in [0, 0.05) is 45.6 Å². The molecule has 0 unspecified atom stereocenters. The normalized spacial score (nSPS) is 12.8. The predicted octanol–water partition coefficient (Wildman–Crippen LogP) is 4.24. The van der Waals surface area contributed by atoms with Crippen LogP contribution in [-0.2, 0) is 9.73 Å². The zero-order chi connectivity index (χ0) is 23.0. The molecule has 5 rings (SSSR count). The maximum Gasteiger partial charge on any atom is 0.417 e. The lowest BCUT2D eigenvalue weighted by Crippen LogP contribution is -1.97. The van der Waals surface area contributed by atoms with Crippen LogP contribution in [0.15, 0.2) is 81.1 Å². The van der Waals surface area contributed by atoms with Crippen LogP contribution in [-0.4, -0.2) is 25.4 Å². The summed E-state index contributed by atoms with van der Waals surface area (Å²) in [6.45, 7) is 0. The van der Waals surface area contributed by atoms with Crippen molar-refractivity contribution in [3.8, 4) is 11.8 Å². The van der Waals surface area contributed by atoms with Gasteiger partial charge in [-0.1, -0.05) is 5.92 Å². The van der Waals surface area contributed by atoms with Crippen LogP contribution in [0.3, 0.4) is 0 Å². The van der Waals surface area contributed by atoms with Crippen LogP contribution in [0.2, 0.25) is 0 Å². The highest BCUT2D eigenvalue weighted by Crippen LogP contribution is 2.23. The fourth-order valence-electron chi connectivity index (χ4n) is 3.34. The van der Waals surface area contributed by atoms with E-state index in [0.29, 0.717) is 33.1 Å². The van der Waals surface area contributed by atoms with Gasteiger partial charge in [0.1, 0.15) is 11.5 Å². The summed E-state index contributed by atoms with van der Waals surface area (Å²) < 4.78 is 24.6. The van der Waals surface area contributed by atoms with Gasteiger partial charge in [-0.3, -0.25) is 4.98 Å². The molecule has 0 aliphatic carbocycles. The second-order valence-electron chi connectivity index (χ2n) is 7.42. The Morgan fingerprint density at radius 2 is 1.88 bits per heavy atom. The van der Waals surface area contributed by atoms with Gasteiger partial charge in [-0.05, 0) is 60.5 Å². The third kappa shape index (κ3) is 4.33. The van der Waals surface area contributed by atoms with E-state index in [1.807, 2.05) is 12.1 Å². The first-order valence-corrected chi connectivity index (χ1v) is 11.8. The van der Waals surface area contributed by atoms with Crippen molar-refractivity contribution in [2.75, 3.05) is 11.6 Å². The zero-order valence-electron chi connectivity index (χ0n) is 17.4. The molecular weight excluding hydrogens is 438 g/mol. The highest BCUT2D eigenvalue weighted by molar-refractivity contribution is 7.91. The van der Waals surface area contributed by atoms with Gasteiger partial charge in [0.2, 0.25) is 0 Å². The van der Waals surface area contributed by atoms with Crippen molar-refractivity contribution < 1.29 is 8.63 Å². The molecule has 8 nitrogen and oxygen atoms in total. The summed E-state index contributed by atoms with van der Waals surface area (Å²) in [5, 5.41) is 4.94. The summed E-state index contributed by atoms with van der Waals surface area (Å²) in [7, 11) is -2.76. The summed E-state index contributed by atoms with van der Waals surface area (Å²) in [4.78, 5) is 23.3. The quantitative estimate of drug-likeness (QED) is 0.350. The highest BCUT2D eigenvalue weighted by atomic mass is 32.2. The number of benzene rings is 2. The molecule has 1 atom stereocenters. The average Bonchev–Trinajstić information content (AvgIpc) is 3.16. The second kappa shape index (κ2) is 7.93. The van der Waals surface area contributed by atoms with Crippen LogP contribution in [0.25, 0.3) is 21.9 Å². The molecule has 3 aromatic heterocycles. The molecule has 0 spiro atoms. The first-order chi connectivity index (χ1) is 15.8. The molecule has 5 aromatic rings. The number of pyridine rings is 2. The molecule has 0 radical (unpaired) electrons. The van der Waals surface area contributed by atoms with Crippen molar-refractivity contribution in [2.45, 2.75) is 4.90 Å². The van der Waals surface area contributed by atoms with Gasteiger partial charge in [-0.15, -0.1) is 0 Å². The van der Waals surface area contributed by atoms with E-state index in [0.717, 1.165) is 16.5 Å². The Labute approximate surface area is 188 Å². The summed E-state index contributed by atoms with van der Waals surface area (Å²) in [6.07, 6.45) is 4.81. The predicted molar refractivity (Wildman–Crippen MR) is 127 cm³/mol. The van der Waals surface area contributed by atoms with E-state index in [2.05, 4.69) is 32.1 Å². The Kier molecular flexibility index (Phi) is 4.92. The van der Waals surface area contributed by atoms with Crippen molar-refractivity contribution in [1.29, 1.82) is 4.78 Å². The van der Waals surface area contributed by atoms with Gasteiger partial charge >= 0.3 is 5.76 Å². The van der Waals surface area contributed by atoms with E-state index in [9.17, 15) is 9.00 Å². The number of hydrogen-bond donors (Lipinski definition) is 3. The maximum atomic E-state index is 11.9. The minimum atomic E-state index is -2.76. The maximum absolute atomic E-state index is 11.9. The van der Waals surface area contributed by atoms with E-state index in [4.69, 9.17) is 9.20 Å². The molecule has 0 aliphatic rings. The van der Waals surface area contributed by atoms with E-state index >= 15 is 0 Å². The second-order valence-corrected chi connectivity index (χ2v) is 9.58. The van der Waals surface area contributed by atoms with Crippen molar-refractivity contribution in [2.24, 2.45) is 0 Å². The Bertz CT molecular complexity index is 1740. The van der Waals surface area contributed by atoms with Crippen LogP contribution in [0.4, 0.5) is 11.5 Å². The number of H-pyrrole nitrogens is 1. The molecule has 2 aromatic carbocycles. The van der Waals surface area contributed by atoms with Crippen molar-refractivity contribution in [3.05, 3.63) is 88.8 Å². The third-order valence-electron chi connectivity index (χ3n) is 4.97. The van der Waals surface area contributed by atoms with Crippen LogP contribution >= 0.6 is 0 Å². The number of aromatic nitrogens is 3. The van der Waals surface area contributed by atoms with Crippen molar-refractivity contribution in [1.82, 2.24) is 15.0 Å². The number of anilines is 2. The smallest absolute Gasteiger partial charge is 0.408 e. The summed E-state index contributed by atoms with van der Waals surface area (Å²) in [5.74, 6) is 6.28. The summed E-state index contributed by atoms with van der Waals surface area (Å²) in [6, 6.07) is 15.8. The Morgan fingerprint density at radius 1 is 1.06 bits per heavy atom. The highest BCUT2D eigenvalue weighted by Gasteiger charge is 2.06. The number of rotatable bonds is 3. The Balaban J connectivity index is 1.47. The van der Waals surface area contributed by atoms with E-state index in [-0.39, 0.29) is 0 Å². The molecule has 0 aliphatic heterocycles. The topological polar surface area (TPSA) is 125 Å². The lowest BCUT2D eigenvalue weighted by Gasteiger charge is -2.08. The molecule has 0 amide bonds. The molecule has 0 bridgehead atoms. The monoisotopic (exact) mass is 455 g/mol. The molecule has 0 fully saturated rings. The van der Waals surface area contributed by atoms with Crippen LogP contribution in [0.1, 0.15) is 11.3 Å². The van der Waals surface area contributed by atoms with Crippen molar-refractivity contribution >= 4 is 43.1 Å². The number of aromatic amines is 1. The Hall–Kier alpha value is -4.42. The third-order valence-corrected chi connectivity index (χ3v) is 6.14. The van der Waals surface area contributed by atoms with Crippen LogP contribution < -0.4 is 11.1 Å². The molecule has 162 valence electrons. The van der Waals surface area contributed by atoms with Crippen molar-refractivity contribution in [3.63, 3.8) is 0 Å². The number of nitrogens with zero attached hydrogens (tertiary/aromatic N) is 2. The zero-order valence-corrected chi connectivity index (χ0v) is 18.2. The number of fused-ring (bicyclic) bond motifs is 2. The van der Waals surface area contributed by atoms with Gasteiger partial charge in [0.15, 0.2) is 5.58 Å². The van der Waals surface area contributed by atoms with Gasteiger partial charge in [0.25, 0.3) is 0 Å². The lowest BCUT2D eigenvalue weighted by molar-refractivity contribution is 0.555. The fraction of sp³-hybridized carbons (Fsp3) is 0.0417. The molecule has 3 heterocycles. The largest absolute Gasteiger partial charge is 0.417 e. The SMILES string of the molecule is C[S@@](=N)(=O)c1ccc(Nc2cc3c(C#Cc4ccc5oc(=O)[nH]c5c4)nccc3cn2)cc1. The van der Waals surface area contributed by atoms with Gasteiger partial charge in [-0.25, -0.2) is 23.8 Å². The molecule has 3 N–H and O–H groups in total. The molecular formula is C24H17N5O3S. The van der Waals surface area contributed by atoms with Gasteiger partial charge in [0.05, 0.1) is 15.2 Å². The first-order valence-electron chi connectivity index (χ1n) is 9.86. The molecule has 9 heteroatoms. The van der Waals surface area contributed by atoms with E-state index in [1.165, 1.54) is 6.26 Å². The molecule has 33 heavy (non-hydrogen) atoms. The van der Waals surface area contributed by atoms with E-state index in [1.54, 1.807) is 54.9 Å². The standard InChI is InChI=1S/C24H17N5O3S/c1-33(25,31)18-6-4-17(5-7-18)28-23-13-19-16(14-27-23)10-11-26-20(19)8-2-15-3-9-22-21(12-15)29-24(30)32-22/h3-7,9-14,25H,1H3,(H,27,28)(H,29,30)/t33-/m1/s1. The minimum Gasteiger partial charge on any atom is -0.408 e. The fourth-order valence-corrected chi connectivity index (χ4v) is 4.00. The van der Waals surface area contributed by atoms with Crippen LogP contribution in [0, 0.1) is 16.6 Å². The summed E-state index contributed by atoms with van der Waals surface area (Å²) >= 11 is 0. The van der Waals surface area contributed by atoms with Gasteiger partial charge < -0.3 is 9.73 Å². The number of oxazole rings is 1. The molecule has 0 saturated carbocycles. The Morgan fingerprint density at radius 3 is 2.67 bits per heavy atom. The minimum absolute atomic E-state index is 0.471. The van der Waals surface area contributed by atoms with Gasteiger partial charge in [-0.2, -0.15) is 0 Å². The van der Waals surface area contributed by atoms with Crippen LogP contribution in [0.5, 0.6) is 0 Å². The average molecular weight is 455 g/mol. The number of hydrogen-bond acceptors (Lipinski definition) is 7.